The van der Waals surface area contributed by atoms with Crippen molar-refractivity contribution >= 4 is 5.70 Å². The third kappa shape index (κ3) is 0.533. The predicted molar refractivity (Wildman–Crippen MR) is 38.2 cm³/mol. The first-order valence-electron chi connectivity index (χ1n) is 3.58. The summed E-state index contributed by atoms with van der Waals surface area (Å²) in [7, 11) is 0. The molecule has 0 aliphatic carbocycles. The van der Waals surface area contributed by atoms with Gasteiger partial charge in [0.05, 0.1) is 12.8 Å². The molecule has 1 aromatic heterocycles. The number of hydrogen-bond acceptors (Lipinski definition) is 3. The zero-order chi connectivity index (χ0) is 7.26. The third-order valence-corrected chi connectivity index (χ3v) is 2.11. The van der Waals surface area contributed by atoms with Crippen LogP contribution in [0.3, 0.4) is 0 Å². The Morgan fingerprint density at radius 2 is 2.45 bits per heavy atom. The van der Waals surface area contributed by atoms with Crippen molar-refractivity contribution in [2.24, 2.45) is 0 Å². The van der Waals surface area contributed by atoms with Crippen LogP contribution in [0.5, 0.6) is 0 Å². The van der Waals surface area contributed by atoms with E-state index in [1.165, 1.54) is 5.56 Å². The molecule has 0 saturated carbocycles. The average molecular weight is 149 g/mol. The first-order valence-corrected chi connectivity index (χ1v) is 3.58. The molecule has 1 aromatic rings. The molecule has 2 aliphatic rings. The third-order valence-electron chi connectivity index (χ3n) is 2.11. The van der Waals surface area contributed by atoms with E-state index in [0.29, 0.717) is 6.73 Å². The molecule has 3 heteroatoms. The molecule has 0 saturated heterocycles. The molecule has 3 heterocycles. The van der Waals surface area contributed by atoms with Crippen LogP contribution in [-0.2, 0) is 11.3 Å². The van der Waals surface area contributed by atoms with Gasteiger partial charge in [-0.15, -0.1) is 0 Å². The van der Waals surface area contributed by atoms with Crippen LogP contribution < -0.4 is 0 Å². The molecular formula is C8H7NO2. The summed E-state index contributed by atoms with van der Waals surface area (Å²) in [6.45, 7) is 1.59. The molecule has 0 bridgehead atoms. The summed E-state index contributed by atoms with van der Waals surface area (Å²) in [5.74, 6) is 0.975. The minimum atomic E-state index is 0.666. The Bertz CT molecular complexity index is 327. The van der Waals surface area contributed by atoms with E-state index in [-0.39, 0.29) is 0 Å². The maximum Gasteiger partial charge on any atom is 0.161 e. The highest BCUT2D eigenvalue weighted by Gasteiger charge is 2.30. The summed E-state index contributed by atoms with van der Waals surface area (Å²) < 4.78 is 10.4. The smallest absolute Gasteiger partial charge is 0.161 e. The predicted octanol–water partition coefficient (Wildman–Crippen LogP) is 1.38. The SMILES string of the molecule is C1=C2c3occc3CN2CO1. The van der Waals surface area contributed by atoms with Gasteiger partial charge in [-0.1, -0.05) is 0 Å². The van der Waals surface area contributed by atoms with Gasteiger partial charge in [0, 0.05) is 5.56 Å². The van der Waals surface area contributed by atoms with E-state index in [9.17, 15) is 0 Å². The lowest BCUT2D eigenvalue weighted by molar-refractivity contribution is 0.174. The van der Waals surface area contributed by atoms with Crippen molar-refractivity contribution in [3.05, 3.63) is 29.9 Å². The van der Waals surface area contributed by atoms with E-state index in [1.54, 1.807) is 12.5 Å². The molecule has 0 radical (unpaired) electrons. The van der Waals surface area contributed by atoms with Gasteiger partial charge in [-0.25, -0.2) is 0 Å². The molecule has 3 rings (SSSR count). The van der Waals surface area contributed by atoms with Crippen molar-refractivity contribution in [3.63, 3.8) is 0 Å². The fraction of sp³-hybridized carbons (Fsp3) is 0.250. The van der Waals surface area contributed by atoms with Crippen molar-refractivity contribution in [1.82, 2.24) is 4.90 Å². The van der Waals surface area contributed by atoms with Gasteiger partial charge in [-0.05, 0) is 6.07 Å². The quantitative estimate of drug-likeness (QED) is 0.557. The van der Waals surface area contributed by atoms with E-state index >= 15 is 0 Å². The Morgan fingerprint density at radius 3 is 3.45 bits per heavy atom. The van der Waals surface area contributed by atoms with E-state index in [1.807, 2.05) is 6.07 Å². The molecule has 0 spiro atoms. The van der Waals surface area contributed by atoms with E-state index in [2.05, 4.69) is 4.90 Å². The number of furan rings is 1. The number of ether oxygens (including phenoxy) is 1. The molecule has 0 N–H and O–H groups in total. The number of rotatable bonds is 0. The Balaban J connectivity index is 2.20. The van der Waals surface area contributed by atoms with Crippen LogP contribution in [0.15, 0.2) is 23.0 Å². The van der Waals surface area contributed by atoms with Crippen molar-refractivity contribution in [2.75, 3.05) is 6.73 Å². The Kier molecular flexibility index (Phi) is 0.776. The highest BCUT2D eigenvalue weighted by molar-refractivity contribution is 5.66. The fourth-order valence-corrected chi connectivity index (χ4v) is 1.57. The molecular weight excluding hydrogens is 142 g/mol. The average Bonchev–Trinajstić information content (AvgIpc) is 2.52. The maximum atomic E-state index is 5.30. The Labute approximate surface area is 63.9 Å². The zero-order valence-electron chi connectivity index (χ0n) is 5.91. The van der Waals surface area contributed by atoms with Gasteiger partial charge in [0.15, 0.2) is 12.5 Å². The summed E-state index contributed by atoms with van der Waals surface area (Å²) in [4.78, 5) is 2.15. The van der Waals surface area contributed by atoms with Gasteiger partial charge in [-0.3, -0.25) is 0 Å². The minimum absolute atomic E-state index is 0.666. The standard InChI is InChI=1S/C8H7NO2/c1-2-11-8-6(1)3-9-5-10-4-7(8)9/h1-2,4H,3,5H2. The first-order chi connectivity index (χ1) is 5.45. The van der Waals surface area contributed by atoms with Gasteiger partial charge < -0.3 is 14.1 Å². The fourth-order valence-electron chi connectivity index (χ4n) is 1.57. The number of nitrogens with zero attached hydrogens (tertiary/aromatic N) is 1. The second-order valence-electron chi connectivity index (χ2n) is 2.77. The Morgan fingerprint density at radius 1 is 1.45 bits per heavy atom. The summed E-state index contributed by atoms with van der Waals surface area (Å²) >= 11 is 0. The first kappa shape index (κ1) is 5.29. The zero-order valence-corrected chi connectivity index (χ0v) is 5.91. The molecule has 11 heavy (non-hydrogen) atoms. The number of hydrogen-bond donors (Lipinski definition) is 0. The lowest BCUT2D eigenvalue weighted by Gasteiger charge is -2.08. The highest BCUT2D eigenvalue weighted by Crippen LogP contribution is 2.35. The molecule has 0 aromatic carbocycles. The summed E-state index contributed by atoms with van der Waals surface area (Å²) in [6.07, 6.45) is 3.48. The normalized spacial score (nSPS) is 19.3. The molecule has 2 aliphatic heterocycles. The van der Waals surface area contributed by atoms with Gasteiger partial charge >= 0.3 is 0 Å². The molecule has 0 atom stereocenters. The summed E-state index contributed by atoms with van der Waals surface area (Å²) in [5.41, 5.74) is 2.35. The molecule has 0 fully saturated rings. The molecule has 56 valence electrons. The van der Waals surface area contributed by atoms with Crippen LogP contribution in [0.4, 0.5) is 0 Å². The lowest BCUT2D eigenvalue weighted by atomic mass is 10.3. The summed E-state index contributed by atoms with van der Waals surface area (Å²) in [5, 5.41) is 0. The van der Waals surface area contributed by atoms with E-state index in [4.69, 9.17) is 9.15 Å². The van der Waals surface area contributed by atoms with Gasteiger partial charge in [0.2, 0.25) is 0 Å². The van der Waals surface area contributed by atoms with Crippen molar-refractivity contribution in [3.8, 4) is 0 Å². The molecule has 3 nitrogen and oxygen atoms in total. The van der Waals surface area contributed by atoms with Crippen LogP contribution in [0.25, 0.3) is 5.70 Å². The van der Waals surface area contributed by atoms with Gasteiger partial charge in [0.1, 0.15) is 12.0 Å². The largest absolute Gasteiger partial charge is 0.478 e. The van der Waals surface area contributed by atoms with E-state index in [0.717, 1.165) is 18.0 Å². The van der Waals surface area contributed by atoms with Crippen LogP contribution in [0, 0.1) is 0 Å². The topological polar surface area (TPSA) is 25.6 Å². The van der Waals surface area contributed by atoms with Crippen LogP contribution >= 0.6 is 0 Å². The van der Waals surface area contributed by atoms with Crippen molar-refractivity contribution < 1.29 is 9.15 Å². The molecule has 0 unspecified atom stereocenters. The second kappa shape index (κ2) is 1.61. The highest BCUT2D eigenvalue weighted by atomic mass is 16.5. The van der Waals surface area contributed by atoms with Crippen molar-refractivity contribution in [2.45, 2.75) is 6.54 Å². The van der Waals surface area contributed by atoms with Gasteiger partial charge in [0.25, 0.3) is 0 Å². The van der Waals surface area contributed by atoms with Gasteiger partial charge in [-0.2, -0.15) is 0 Å². The lowest BCUT2D eigenvalue weighted by Crippen LogP contribution is -2.11. The Hall–Kier alpha value is -1.38. The number of fused-ring (bicyclic) bond motifs is 3. The minimum Gasteiger partial charge on any atom is -0.478 e. The van der Waals surface area contributed by atoms with E-state index < -0.39 is 0 Å². The maximum absolute atomic E-state index is 5.30. The van der Waals surface area contributed by atoms with Crippen LogP contribution in [0.1, 0.15) is 11.3 Å². The monoisotopic (exact) mass is 149 g/mol. The second-order valence-corrected chi connectivity index (χ2v) is 2.77. The molecule has 0 amide bonds. The van der Waals surface area contributed by atoms with Crippen LogP contribution in [-0.4, -0.2) is 11.6 Å². The van der Waals surface area contributed by atoms with Crippen LogP contribution in [0.2, 0.25) is 0 Å². The van der Waals surface area contributed by atoms with Crippen molar-refractivity contribution in [1.29, 1.82) is 0 Å². The summed E-state index contributed by atoms with van der Waals surface area (Å²) in [6, 6.07) is 2.01.